The standard InChI is InChI=1S/C48H86NO10P/c1-3-5-7-9-11-13-15-17-18-19-20-21-22-23-24-25-26-28-29-31-33-35-37-39-46(50)56-41-44(42-57-60(54,55)58-43-45(49)48(52)53)59-47(51)40-38-36-34-32-30-27-16-14-12-10-8-6-4-2/h6,8,12,14,27,30,34,36,44-45H,3-5,7,9-11,13,15-26,28-29,31-33,35,37-43,49H2,1-2H3,(H,52,53)(H,54,55)/b8-6-,14-12-,30-27-,36-34-. The third-order valence-electron chi connectivity index (χ3n) is 10.1. The highest BCUT2D eigenvalue weighted by molar-refractivity contribution is 7.47. The molecule has 0 aromatic heterocycles. The Balaban J connectivity index is 4.24. The monoisotopic (exact) mass is 868 g/mol. The molecule has 0 bridgehead atoms. The van der Waals surface area contributed by atoms with Crippen molar-refractivity contribution in [2.75, 3.05) is 19.8 Å². The van der Waals surface area contributed by atoms with Gasteiger partial charge in [-0.3, -0.25) is 23.4 Å². The van der Waals surface area contributed by atoms with Crippen LogP contribution in [0.3, 0.4) is 0 Å². The van der Waals surface area contributed by atoms with Crippen LogP contribution in [0.2, 0.25) is 0 Å². The fourth-order valence-electron chi connectivity index (χ4n) is 6.43. The summed E-state index contributed by atoms with van der Waals surface area (Å²) >= 11 is 0. The lowest BCUT2D eigenvalue weighted by molar-refractivity contribution is -0.161. The van der Waals surface area contributed by atoms with Crippen LogP contribution in [0.1, 0.15) is 206 Å². The van der Waals surface area contributed by atoms with Gasteiger partial charge in [0.1, 0.15) is 12.6 Å². The lowest BCUT2D eigenvalue weighted by Crippen LogP contribution is -2.34. The third-order valence-corrected chi connectivity index (χ3v) is 11.1. The van der Waals surface area contributed by atoms with E-state index in [-0.39, 0.29) is 19.4 Å². The predicted molar refractivity (Wildman–Crippen MR) is 245 cm³/mol. The lowest BCUT2D eigenvalue weighted by Gasteiger charge is -2.20. The Hall–Kier alpha value is -2.56. The minimum Gasteiger partial charge on any atom is -0.480 e. The number of allylic oxidation sites excluding steroid dienone is 8. The van der Waals surface area contributed by atoms with Crippen LogP contribution in [0.4, 0.5) is 0 Å². The summed E-state index contributed by atoms with van der Waals surface area (Å²) in [6, 6.07) is -1.53. The van der Waals surface area contributed by atoms with Crippen molar-refractivity contribution in [3.63, 3.8) is 0 Å². The molecule has 0 aliphatic carbocycles. The van der Waals surface area contributed by atoms with Crippen LogP contribution in [0, 0.1) is 0 Å². The van der Waals surface area contributed by atoms with Crippen LogP contribution in [0.15, 0.2) is 48.6 Å². The molecule has 0 aliphatic rings. The number of aliphatic carboxylic acids is 1. The van der Waals surface area contributed by atoms with Gasteiger partial charge in [0, 0.05) is 12.8 Å². The number of nitrogens with two attached hydrogens (primary N) is 1. The van der Waals surface area contributed by atoms with Crippen molar-refractivity contribution in [2.24, 2.45) is 5.73 Å². The maximum absolute atomic E-state index is 12.6. The van der Waals surface area contributed by atoms with Crippen molar-refractivity contribution in [1.82, 2.24) is 0 Å². The fraction of sp³-hybridized carbons (Fsp3) is 0.771. The van der Waals surface area contributed by atoms with Crippen LogP contribution >= 0.6 is 7.82 Å². The van der Waals surface area contributed by atoms with E-state index in [0.29, 0.717) is 12.8 Å². The molecule has 60 heavy (non-hydrogen) atoms. The molecular formula is C48H86NO10P. The first-order chi connectivity index (χ1) is 29.1. The van der Waals surface area contributed by atoms with Gasteiger partial charge in [0.15, 0.2) is 6.10 Å². The van der Waals surface area contributed by atoms with Gasteiger partial charge in [-0.15, -0.1) is 0 Å². The Morgan fingerprint density at radius 1 is 0.533 bits per heavy atom. The van der Waals surface area contributed by atoms with E-state index < -0.39 is 51.1 Å². The Labute approximate surface area is 365 Å². The molecule has 0 saturated heterocycles. The fourth-order valence-corrected chi connectivity index (χ4v) is 7.21. The molecule has 0 rings (SSSR count). The topological polar surface area (TPSA) is 172 Å². The molecule has 0 saturated carbocycles. The minimum absolute atomic E-state index is 0.0406. The summed E-state index contributed by atoms with van der Waals surface area (Å²) in [5.41, 5.74) is 5.33. The molecule has 0 amide bonds. The summed E-state index contributed by atoms with van der Waals surface area (Å²) in [6.45, 7) is 2.63. The number of hydrogen-bond donors (Lipinski definition) is 3. The third kappa shape index (κ3) is 42.1. The molecule has 0 fully saturated rings. The number of unbranched alkanes of at least 4 members (excludes halogenated alkanes) is 22. The van der Waals surface area contributed by atoms with E-state index in [9.17, 15) is 23.8 Å². The number of carbonyl (C=O) groups is 3. The van der Waals surface area contributed by atoms with Crippen LogP contribution in [0.5, 0.6) is 0 Å². The second kappa shape index (κ2) is 43.1. The SMILES string of the molecule is CC/C=C\C/C=C\C/C=C\C/C=C\CCC(=O)OC(COC(=O)CCCCCCCCCCCCCCCCCCCCCCCCC)COP(=O)(O)OCC(N)C(=O)O. The smallest absolute Gasteiger partial charge is 0.472 e. The van der Waals surface area contributed by atoms with E-state index in [1.54, 1.807) is 0 Å². The van der Waals surface area contributed by atoms with E-state index in [0.717, 1.165) is 44.9 Å². The highest BCUT2D eigenvalue weighted by atomic mass is 31.2. The number of rotatable bonds is 44. The van der Waals surface area contributed by atoms with Gasteiger partial charge in [-0.25, -0.2) is 4.57 Å². The first kappa shape index (κ1) is 57.4. The molecular weight excluding hydrogens is 781 g/mol. The second-order valence-electron chi connectivity index (χ2n) is 15.9. The number of ether oxygens (including phenoxy) is 2. The molecule has 0 aliphatic heterocycles. The van der Waals surface area contributed by atoms with E-state index in [2.05, 4.69) is 48.8 Å². The largest absolute Gasteiger partial charge is 0.480 e. The van der Waals surface area contributed by atoms with Gasteiger partial charge in [0.2, 0.25) is 0 Å². The molecule has 4 N–H and O–H groups in total. The number of phosphoric ester groups is 1. The van der Waals surface area contributed by atoms with Crippen molar-refractivity contribution >= 4 is 25.7 Å². The Morgan fingerprint density at radius 2 is 0.933 bits per heavy atom. The number of hydrogen-bond acceptors (Lipinski definition) is 9. The van der Waals surface area contributed by atoms with Crippen LogP contribution in [-0.2, 0) is 37.5 Å². The average Bonchev–Trinajstić information content (AvgIpc) is 3.22. The molecule has 0 aromatic rings. The zero-order valence-electron chi connectivity index (χ0n) is 37.8. The van der Waals surface area contributed by atoms with Crippen molar-refractivity contribution in [1.29, 1.82) is 0 Å². The summed E-state index contributed by atoms with van der Waals surface area (Å²) in [6.07, 6.45) is 49.3. The normalized spacial score (nSPS) is 14.1. The number of phosphoric acid groups is 1. The van der Waals surface area contributed by atoms with Crippen molar-refractivity contribution in [2.45, 2.75) is 219 Å². The molecule has 0 heterocycles. The Kier molecular flexibility index (Phi) is 41.3. The lowest BCUT2D eigenvalue weighted by atomic mass is 10.0. The molecule has 3 unspecified atom stereocenters. The Morgan fingerprint density at radius 3 is 1.37 bits per heavy atom. The summed E-state index contributed by atoms with van der Waals surface area (Å²) in [7, 11) is -4.73. The molecule has 12 heteroatoms. The van der Waals surface area contributed by atoms with Crippen molar-refractivity contribution in [3.05, 3.63) is 48.6 Å². The second-order valence-corrected chi connectivity index (χ2v) is 17.3. The van der Waals surface area contributed by atoms with E-state index >= 15 is 0 Å². The quantitative estimate of drug-likeness (QED) is 0.0230. The van der Waals surface area contributed by atoms with Crippen LogP contribution in [-0.4, -0.2) is 59.9 Å². The maximum Gasteiger partial charge on any atom is 0.472 e. The van der Waals surface area contributed by atoms with Gasteiger partial charge in [-0.1, -0.05) is 204 Å². The number of carbonyl (C=O) groups excluding carboxylic acids is 2. The molecule has 0 spiro atoms. The van der Waals surface area contributed by atoms with E-state index in [1.807, 2.05) is 18.2 Å². The van der Waals surface area contributed by atoms with Gasteiger partial charge in [-0.2, -0.15) is 0 Å². The summed E-state index contributed by atoms with van der Waals surface area (Å²) < 4.78 is 32.6. The molecule has 3 atom stereocenters. The van der Waals surface area contributed by atoms with E-state index in [1.165, 1.54) is 122 Å². The van der Waals surface area contributed by atoms with Gasteiger partial charge >= 0.3 is 25.7 Å². The molecule has 11 nitrogen and oxygen atoms in total. The van der Waals surface area contributed by atoms with Crippen molar-refractivity contribution < 1.29 is 47.5 Å². The highest BCUT2D eigenvalue weighted by Crippen LogP contribution is 2.43. The first-order valence-corrected chi connectivity index (χ1v) is 25.2. The summed E-state index contributed by atoms with van der Waals surface area (Å²) in [5.74, 6) is -2.48. The van der Waals surface area contributed by atoms with Crippen LogP contribution in [0.25, 0.3) is 0 Å². The number of esters is 2. The summed E-state index contributed by atoms with van der Waals surface area (Å²) in [5, 5.41) is 8.89. The number of carboxylic acids is 1. The van der Waals surface area contributed by atoms with Gasteiger partial charge in [0.25, 0.3) is 0 Å². The maximum atomic E-state index is 12.6. The molecule has 0 radical (unpaired) electrons. The minimum atomic E-state index is -4.73. The van der Waals surface area contributed by atoms with Gasteiger partial charge < -0.3 is 25.2 Å². The van der Waals surface area contributed by atoms with Crippen molar-refractivity contribution in [3.8, 4) is 0 Å². The number of carboxylic acid groups (broad SMARTS) is 1. The molecule has 0 aromatic carbocycles. The average molecular weight is 868 g/mol. The molecule has 348 valence electrons. The van der Waals surface area contributed by atoms with Gasteiger partial charge in [-0.05, 0) is 38.5 Å². The zero-order valence-corrected chi connectivity index (χ0v) is 38.7. The predicted octanol–water partition coefficient (Wildman–Crippen LogP) is 13.0. The zero-order chi connectivity index (χ0) is 44.2. The summed E-state index contributed by atoms with van der Waals surface area (Å²) in [4.78, 5) is 45.9. The van der Waals surface area contributed by atoms with E-state index in [4.69, 9.17) is 24.8 Å². The highest BCUT2D eigenvalue weighted by Gasteiger charge is 2.28. The Bertz CT molecular complexity index is 1200. The van der Waals surface area contributed by atoms with Gasteiger partial charge in [0.05, 0.1) is 13.2 Å². The van der Waals surface area contributed by atoms with Crippen LogP contribution < -0.4 is 5.73 Å². The first-order valence-electron chi connectivity index (χ1n) is 23.7.